The average molecular weight is 288 g/mol. The molecule has 0 spiro atoms. The standard InChI is InChI=1S/C15H16N2O2S/c18-12-6-7-17(10-12)15(19)13-9-16-14(20-13)8-11-4-2-1-3-5-11/h1-5,9,12,18H,6-8,10H2/t12-/m1/s1. The zero-order chi connectivity index (χ0) is 13.9. The second-order valence-corrected chi connectivity index (χ2v) is 6.09. The van der Waals surface area contributed by atoms with Gasteiger partial charge < -0.3 is 10.0 Å². The van der Waals surface area contributed by atoms with Crippen molar-refractivity contribution in [3.05, 3.63) is 52.0 Å². The van der Waals surface area contributed by atoms with E-state index < -0.39 is 0 Å². The fourth-order valence-electron chi connectivity index (χ4n) is 2.34. The number of aliphatic hydroxyl groups excluding tert-OH is 1. The van der Waals surface area contributed by atoms with Gasteiger partial charge in [-0.15, -0.1) is 11.3 Å². The first-order valence-corrected chi connectivity index (χ1v) is 7.50. The van der Waals surface area contributed by atoms with E-state index in [1.165, 1.54) is 16.9 Å². The summed E-state index contributed by atoms with van der Waals surface area (Å²) in [6.45, 7) is 1.07. The van der Waals surface area contributed by atoms with Crippen molar-refractivity contribution in [2.24, 2.45) is 0 Å². The second kappa shape index (κ2) is 5.73. The van der Waals surface area contributed by atoms with Crippen molar-refractivity contribution in [3.63, 3.8) is 0 Å². The molecule has 2 aromatic rings. The summed E-state index contributed by atoms with van der Waals surface area (Å²) in [6.07, 6.45) is 2.69. The van der Waals surface area contributed by atoms with Gasteiger partial charge >= 0.3 is 0 Å². The molecular weight excluding hydrogens is 272 g/mol. The smallest absolute Gasteiger partial charge is 0.265 e. The summed E-state index contributed by atoms with van der Waals surface area (Å²) in [5.41, 5.74) is 1.19. The summed E-state index contributed by atoms with van der Waals surface area (Å²) in [5, 5.41) is 10.4. The van der Waals surface area contributed by atoms with Crippen LogP contribution in [-0.2, 0) is 6.42 Å². The minimum atomic E-state index is -0.379. The number of aromatic nitrogens is 1. The Morgan fingerprint density at radius 3 is 2.90 bits per heavy atom. The van der Waals surface area contributed by atoms with Crippen LogP contribution < -0.4 is 0 Å². The maximum absolute atomic E-state index is 12.2. The number of rotatable bonds is 3. The number of benzene rings is 1. The molecule has 1 fully saturated rings. The zero-order valence-corrected chi connectivity index (χ0v) is 11.8. The molecule has 104 valence electrons. The van der Waals surface area contributed by atoms with Crippen LogP contribution in [0.5, 0.6) is 0 Å². The number of likely N-dealkylation sites (tertiary alicyclic amines) is 1. The quantitative estimate of drug-likeness (QED) is 0.939. The van der Waals surface area contributed by atoms with E-state index in [2.05, 4.69) is 17.1 Å². The van der Waals surface area contributed by atoms with E-state index in [4.69, 9.17) is 0 Å². The van der Waals surface area contributed by atoms with Crippen LogP contribution in [0.25, 0.3) is 0 Å². The maximum atomic E-state index is 12.2. The molecule has 1 atom stereocenters. The number of carbonyl (C=O) groups excluding carboxylic acids is 1. The van der Waals surface area contributed by atoms with Crippen LogP contribution in [0.15, 0.2) is 36.5 Å². The van der Waals surface area contributed by atoms with Gasteiger partial charge in [-0.2, -0.15) is 0 Å². The van der Waals surface area contributed by atoms with E-state index in [9.17, 15) is 9.90 Å². The summed E-state index contributed by atoms with van der Waals surface area (Å²) in [4.78, 5) is 18.9. The van der Waals surface area contributed by atoms with Crippen molar-refractivity contribution >= 4 is 17.2 Å². The number of hydrogen-bond donors (Lipinski definition) is 1. The van der Waals surface area contributed by atoms with E-state index >= 15 is 0 Å². The predicted octanol–water partition coefficient (Wildman–Crippen LogP) is 1.94. The predicted molar refractivity (Wildman–Crippen MR) is 77.9 cm³/mol. The Hall–Kier alpha value is -1.72. The lowest BCUT2D eigenvalue weighted by atomic mass is 10.2. The van der Waals surface area contributed by atoms with E-state index in [0.717, 1.165) is 11.4 Å². The summed E-state index contributed by atoms with van der Waals surface area (Å²) < 4.78 is 0. The monoisotopic (exact) mass is 288 g/mol. The van der Waals surface area contributed by atoms with Crippen molar-refractivity contribution in [2.75, 3.05) is 13.1 Å². The Kier molecular flexibility index (Phi) is 3.80. The SMILES string of the molecule is O=C(c1cnc(Cc2ccccc2)s1)N1CC[C@@H](O)C1. The molecule has 1 aromatic heterocycles. The average Bonchev–Trinajstić information content (AvgIpc) is 3.08. The van der Waals surface area contributed by atoms with Gasteiger partial charge in [0.05, 0.1) is 17.3 Å². The zero-order valence-electron chi connectivity index (χ0n) is 11.0. The van der Waals surface area contributed by atoms with Crippen LogP contribution >= 0.6 is 11.3 Å². The molecule has 0 radical (unpaired) electrons. The number of nitrogens with zero attached hydrogens (tertiary/aromatic N) is 2. The summed E-state index contributed by atoms with van der Waals surface area (Å²) in [5.74, 6) is -0.0154. The van der Waals surface area contributed by atoms with Gasteiger partial charge in [0.15, 0.2) is 0 Å². The Balaban J connectivity index is 1.69. The molecule has 4 nitrogen and oxygen atoms in total. The lowest BCUT2D eigenvalue weighted by molar-refractivity contribution is 0.0769. The van der Waals surface area contributed by atoms with Crippen LogP contribution in [0.3, 0.4) is 0 Å². The van der Waals surface area contributed by atoms with Gasteiger partial charge in [0.2, 0.25) is 0 Å². The summed E-state index contributed by atoms with van der Waals surface area (Å²) in [7, 11) is 0. The van der Waals surface area contributed by atoms with Gasteiger partial charge in [0.1, 0.15) is 4.88 Å². The molecule has 1 saturated heterocycles. The van der Waals surface area contributed by atoms with Crippen LogP contribution in [0, 0.1) is 0 Å². The first-order valence-electron chi connectivity index (χ1n) is 6.68. The summed E-state index contributed by atoms with van der Waals surface area (Å²) >= 11 is 1.44. The lowest BCUT2D eigenvalue weighted by Gasteiger charge is -2.13. The van der Waals surface area contributed by atoms with E-state index in [0.29, 0.717) is 24.4 Å². The lowest BCUT2D eigenvalue weighted by Crippen LogP contribution is -2.28. The van der Waals surface area contributed by atoms with Crippen LogP contribution in [0.1, 0.15) is 26.7 Å². The molecule has 0 unspecified atom stereocenters. The number of carbonyl (C=O) groups is 1. The number of aliphatic hydroxyl groups is 1. The highest BCUT2D eigenvalue weighted by Crippen LogP contribution is 2.20. The highest BCUT2D eigenvalue weighted by atomic mass is 32.1. The molecule has 2 heterocycles. The molecule has 0 bridgehead atoms. The van der Waals surface area contributed by atoms with Crippen molar-refractivity contribution in [1.29, 1.82) is 0 Å². The largest absolute Gasteiger partial charge is 0.391 e. The van der Waals surface area contributed by atoms with E-state index in [1.807, 2.05) is 18.2 Å². The third kappa shape index (κ3) is 2.89. The molecule has 1 amide bonds. The number of β-amino-alcohol motifs (C(OH)–C–C–N with tert-alkyl or cyclic N) is 1. The molecule has 5 heteroatoms. The number of amides is 1. The van der Waals surface area contributed by atoms with Crippen molar-refractivity contribution < 1.29 is 9.90 Å². The fourth-order valence-corrected chi connectivity index (χ4v) is 3.26. The third-order valence-corrected chi connectivity index (χ3v) is 4.40. The molecular formula is C15H16N2O2S. The number of hydrogen-bond acceptors (Lipinski definition) is 4. The molecule has 0 saturated carbocycles. The van der Waals surface area contributed by atoms with Gasteiger partial charge in [-0.25, -0.2) is 4.98 Å². The van der Waals surface area contributed by atoms with Crippen LogP contribution in [0.4, 0.5) is 0 Å². The van der Waals surface area contributed by atoms with Crippen LogP contribution in [-0.4, -0.2) is 40.1 Å². The molecule has 1 aliphatic rings. The third-order valence-electron chi connectivity index (χ3n) is 3.41. The molecule has 20 heavy (non-hydrogen) atoms. The van der Waals surface area contributed by atoms with Crippen molar-refractivity contribution in [2.45, 2.75) is 18.9 Å². The topological polar surface area (TPSA) is 53.4 Å². The van der Waals surface area contributed by atoms with Crippen LogP contribution in [0.2, 0.25) is 0 Å². The van der Waals surface area contributed by atoms with Crippen molar-refractivity contribution in [1.82, 2.24) is 9.88 Å². The van der Waals surface area contributed by atoms with Gasteiger partial charge in [-0.3, -0.25) is 4.79 Å². The molecule has 1 aliphatic heterocycles. The number of thiazole rings is 1. The van der Waals surface area contributed by atoms with Gasteiger partial charge in [-0.05, 0) is 12.0 Å². The Bertz CT molecular complexity index is 597. The minimum Gasteiger partial charge on any atom is -0.391 e. The fraction of sp³-hybridized carbons (Fsp3) is 0.333. The van der Waals surface area contributed by atoms with Gasteiger partial charge in [-0.1, -0.05) is 30.3 Å². The molecule has 0 aliphatic carbocycles. The molecule has 1 N–H and O–H groups in total. The Morgan fingerprint density at radius 2 is 2.20 bits per heavy atom. The normalized spacial score (nSPS) is 18.4. The summed E-state index contributed by atoms with van der Waals surface area (Å²) in [6, 6.07) is 10.1. The van der Waals surface area contributed by atoms with E-state index in [1.54, 1.807) is 11.1 Å². The van der Waals surface area contributed by atoms with Gasteiger partial charge in [0, 0.05) is 19.5 Å². The highest BCUT2D eigenvalue weighted by molar-refractivity contribution is 7.13. The Labute approximate surface area is 121 Å². The first-order chi connectivity index (χ1) is 9.72. The second-order valence-electron chi connectivity index (χ2n) is 4.97. The maximum Gasteiger partial charge on any atom is 0.265 e. The highest BCUT2D eigenvalue weighted by Gasteiger charge is 2.26. The van der Waals surface area contributed by atoms with E-state index in [-0.39, 0.29) is 12.0 Å². The first kappa shape index (κ1) is 13.3. The van der Waals surface area contributed by atoms with Gasteiger partial charge in [0.25, 0.3) is 5.91 Å². The minimum absolute atomic E-state index is 0.0154. The Morgan fingerprint density at radius 1 is 1.40 bits per heavy atom. The van der Waals surface area contributed by atoms with Crippen molar-refractivity contribution in [3.8, 4) is 0 Å². The molecule has 1 aromatic carbocycles. The molecule has 3 rings (SSSR count).